The summed E-state index contributed by atoms with van der Waals surface area (Å²) in [5.41, 5.74) is 1.08. The van der Waals surface area contributed by atoms with Crippen LogP contribution in [-0.2, 0) is 20.7 Å². The van der Waals surface area contributed by atoms with Crippen molar-refractivity contribution < 1.29 is 14.3 Å². The number of halogens is 1. The standard InChI is InChI=1S/C21H20ClN3O4/c1-13(14-6-2-4-8-16(14)22)23-19(26)12-29-20(27)11-10-18-24-17-9-5-3-7-15(17)21(28)25-18/h2-9,13H,10-12H2,1H3,(H,23,26)(H,24,25,28)/t13-/m1/s1. The van der Waals surface area contributed by atoms with E-state index in [1.807, 2.05) is 12.1 Å². The molecule has 0 unspecified atom stereocenters. The number of aromatic nitrogens is 2. The molecule has 0 aliphatic carbocycles. The van der Waals surface area contributed by atoms with E-state index in [0.29, 0.717) is 21.7 Å². The Morgan fingerprint density at radius 2 is 1.90 bits per heavy atom. The Bertz CT molecular complexity index is 1100. The van der Waals surface area contributed by atoms with Gasteiger partial charge in [-0.1, -0.05) is 41.9 Å². The van der Waals surface area contributed by atoms with Crippen molar-refractivity contribution in [3.8, 4) is 0 Å². The summed E-state index contributed by atoms with van der Waals surface area (Å²) in [5.74, 6) is -0.591. The summed E-state index contributed by atoms with van der Waals surface area (Å²) in [7, 11) is 0. The van der Waals surface area contributed by atoms with Crippen molar-refractivity contribution in [2.24, 2.45) is 0 Å². The van der Waals surface area contributed by atoms with E-state index in [9.17, 15) is 14.4 Å². The number of carbonyl (C=O) groups excluding carboxylic acids is 2. The summed E-state index contributed by atoms with van der Waals surface area (Å²) < 4.78 is 5.01. The molecule has 1 amide bonds. The van der Waals surface area contributed by atoms with Gasteiger partial charge < -0.3 is 15.0 Å². The van der Waals surface area contributed by atoms with Crippen LogP contribution in [0.15, 0.2) is 53.3 Å². The number of carbonyl (C=O) groups is 2. The number of fused-ring (bicyclic) bond motifs is 1. The lowest BCUT2D eigenvalue weighted by Gasteiger charge is -2.15. The first-order chi connectivity index (χ1) is 13.9. The third kappa shape index (κ3) is 5.42. The highest BCUT2D eigenvalue weighted by Gasteiger charge is 2.14. The molecule has 3 aromatic rings. The van der Waals surface area contributed by atoms with Gasteiger partial charge in [-0.2, -0.15) is 0 Å². The van der Waals surface area contributed by atoms with Crippen molar-refractivity contribution in [3.63, 3.8) is 0 Å². The van der Waals surface area contributed by atoms with Gasteiger partial charge in [0.15, 0.2) is 6.61 Å². The van der Waals surface area contributed by atoms with Gasteiger partial charge in [0.25, 0.3) is 11.5 Å². The van der Waals surface area contributed by atoms with Gasteiger partial charge in [-0.25, -0.2) is 4.98 Å². The molecular formula is C21H20ClN3O4. The van der Waals surface area contributed by atoms with Crippen LogP contribution in [0, 0.1) is 0 Å². The van der Waals surface area contributed by atoms with Crippen LogP contribution in [0.3, 0.4) is 0 Å². The molecule has 2 N–H and O–H groups in total. The molecule has 7 nitrogen and oxygen atoms in total. The zero-order chi connectivity index (χ0) is 20.8. The maximum absolute atomic E-state index is 12.0. The Morgan fingerprint density at radius 3 is 2.69 bits per heavy atom. The number of esters is 1. The number of para-hydroxylation sites is 1. The predicted octanol–water partition coefficient (Wildman–Crippen LogP) is 2.93. The van der Waals surface area contributed by atoms with Gasteiger partial charge in [-0.3, -0.25) is 14.4 Å². The fourth-order valence-corrected chi connectivity index (χ4v) is 3.18. The van der Waals surface area contributed by atoms with Crippen LogP contribution in [0.2, 0.25) is 5.02 Å². The number of nitrogens with one attached hydrogen (secondary N) is 2. The number of hydrogen-bond acceptors (Lipinski definition) is 5. The molecule has 8 heteroatoms. The summed E-state index contributed by atoms with van der Waals surface area (Å²) >= 11 is 6.11. The van der Waals surface area contributed by atoms with Gasteiger partial charge in [0.2, 0.25) is 0 Å². The zero-order valence-corrected chi connectivity index (χ0v) is 16.5. The quantitative estimate of drug-likeness (QED) is 0.580. The number of benzene rings is 2. The molecule has 1 atom stereocenters. The largest absolute Gasteiger partial charge is 0.456 e. The highest BCUT2D eigenvalue weighted by atomic mass is 35.5. The minimum atomic E-state index is -0.554. The molecule has 29 heavy (non-hydrogen) atoms. The van der Waals surface area contributed by atoms with Crippen molar-refractivity contribution in [1.29, 1.82) is 0 Å². The van der Waals surface area contributed by atoms with Gasteiger partial charge in [0.1, 0.15) is 5.82 Å². The Labute approximate surface area is 172 Å². The van der Waals surface area contributed by atoms with Crippen LogP contribution in [0.5, 0.6) is 0 Å². The van der Waals surface area contributed by atoms with Gasteiger partial charge in [-0.15, -0.1) is 0 Å². The van der Waals surface area contributed by atoms with Gasteiger partial charge in [0.05, 0.1) is 23.4 Å². The van der Waals surface area contributed by atoms with E-state index in [2.05, 4.69) is 15.3 Å². The first-order valence-electron chi connectivity index (χ1n) is 9.11. The third-order valence-electron chi connectivity index (χ3n) is 4.34. The number of hydrogen-bond donors (Lipinski definition) is 2. The lowest BCUT2D eigenvalue weighted by Crippen LogP contribution is -2.31. The van der Waals surface area contributed by atoms with E-state index in [4.69, 9.17) is 16.3 Å². The molecule has 0 radical (unpaired) electrons. The highest BCUT2D eigenvalue weighted by Crippen LogP contribution is 2.21. The molecule has 1 aromatic heterocycles. The number of nitrogens with zero attached hydrogens (tertiary/aromatic N) is 1. The summed E-state index contributed by atoms with van der Waals surface area (Å²) in [6.45, 7) is 1.40. The molecule has 0 saturated heterocycles. The topological polar surface area (TPSA) is 101 Å². The lowest BCUT2D eigenvalue weighted by molar-refractivity contribution is -0.148. The fourth-order valence-electron chi connectivity index (χ4n) is 2.88. The van der Waals surface area contributed by atoms with E-state index in [1.165, 1.54) is 0 Å². The molecule has 2 aromatic carbocycles. The minimum absolute atomic E-state index is 0.00533. The van der Waals surface area contributed by atoms with E-state index >= 15 is 0 Å². The first-order valence-corrected chi connectivity index (χ1v) is 9.49. The Hall–Kier alpha value is -3.19. The van der Waals surface area contributed by atoms with E-state index < -0.39 is 18.5 Å². The van der Waals surface area contributed by atoms with Crippen LogP contribution in [0.4, 0.5) is 0 Å². The van der Waals surface area contributed by atoms with Gasteiger partial charge >= 0.3 is 5.97 Å². The minimum Gasteiger partial charge on any atom is -0.456 e. The molecule has 0 spiro atoms. The molecule has 0 aliphatic rings. The Balaban J connectivity index is 1.48. The average Bonchev–Trinajstić information content (AvgIpc) is 2.71. The molecule has 150 valence electrons. The zero-order valence-electron chi connectivity index (χ0n) is 15.8. The second kappa shape index (κ2) is 9.34. The van der Waals surface area contributed by atoms with Crippen molar-refractivity contribution >= 4 is 34.4 Å². The smallest absolute Gasteiger partial charge is 0.306 e. The number of ether oxygens (including phenoxy) is 1. The summed E-state index contributed by atoms with van der Waals surface area (Å²) in [6, 6.07) is 13.8. The van der Waals surface area contributed by atoms with E-state index in [1.54, 1.807) is 43.3 Å². The third-order valence-corrected chi connectivity index (χ3v) is 4.69. The number of H-pyrrole nitrogens is 1. The normalized spacial score (nSPS) is 11.8. The number of aryl methyl sites for hydroxylation is 1. The molecule has 0 bridgehead atoms. The van der Waals surface area contributed by atoms with E-state index in [0.717, 1.165) is 5.56 Å². The molecule has 0 saturated carbocycles. The van der Waals surface area contributed by atoms with Crippen LogP contribution in [0.25, 0.3) is 10.9 Å². The molecule has 3 rings (SSSR count). The fraction of sp³-hybridized carbons (Fsp3) is 0.238. The van der Waals surface area contributed by atoms with Crippen molar-refractivity contribution in [2.45, 2.75) is 25.8 Å². The second-order valence-electron chi connectivity index (χ2n) is 6.50. The summed E-state index contributed by atoms with van der Waals surface area (Å²) in [5, 5.41) is 3.77. The highest BCUT2D eigenvalue weighted by molar-refractivity contribution is 6.31. The van der Waals surface area contributed by atoms with Crippen LogP contribution < -0.4 is 10.9 Å². The van der Waals surface area contributed by atoms with Gasteiger partial charge in [-0.05, 0) is 30.7 Å². The van der Waals surface area contributed by atoms with Crippen LogP contribution in [0.1, 0.15) is 30.8 Å². The predicted molar refractivity (Wildman–Crippen MR) is 110 cm³/mol. The molecule has 1 heterocycles. The first kappa shape index (κ1) is 20.5. The molecule has 0 fully saturated rings. The van der Waals surface area contributed by atoms with Crippen molar-refractivity contribution in [1.82, 2.24) is 15.3 Å². The summed E-state index contributed by atoms with van der Waals surface area (Å²) in [6.07, 6.45) is 0.200. The molecule has 0 aliphatic heterocycles. The average molecular weight is 414 g/mol. The van der Waals surface area contributed by atoms with Crippen molar-refractivity contribution in [3.05, 3.63) is 75.3 Å². The van der Waals surface area contributed by atoms with Gasteiger partial charge in [0, 0.05) is 11.4 Å². The summed E-state index contributed by atoms with van der Waals surface area (Å²) in [4.78, 5) is 43.0. The number of amides is 1. The van der Waals surface area contributed by atoms with Crippen LogP contribution in [-0.4, -0.2) is 28.5 Å². The Kier molecular flexibility index (Phi) is 6.61. The SMILES string of the molecule is C[C@@H](NC(=O)COC(=O)CCc1nc2ccccc2c(=O)[nH]1)c1ccccc1Cl. The van der Waals surface area contributed by atoms with Crippen LogP contribution >= 0.6 is 11.6 Å². The maximum Gasteiger partial charge on any atom is 0.306 e. The number of rotatable bonds is 7. The molecular weight excluding hydrogens is 394 g/mol. The lowest BCUT2D eigenvalue weighted by atomic mass is 10.1. The van der Waals surface area contributed by atoms with Crippen molar-refractivity contribution in [2.75, 3.05) is 6.61 Å². The maximum atomic E-state index is 12.0. The second-order valence-corrected chi connectivity index (χ2v) is 6.91. The van der Waals surface area contributed by atoms with E-state index in [-0.39, 0.29) is 24.4 Å². The monoisotopic (exact) mass is 413 g/mol. The Morgan fingerprint density at radius 1 is 1.17 bits per heavy atom. The number of aromatic amines is 1.